The molecule has 1 unspecified atom stereocenters. The van der Waals surface area contributed by atoms with E-state index >= 15 is 0 Å². The molecule has 0 amide bonds. The molecule has 3 heteroatoms. The van der Waals surface area contributed by atoms with Gasteiger partial charge in [-0.1, -0.05) is 13.8 Å². The fraction of sp³-hybridized carbons (Fsp3) is 0.667. The van der Waals surface area contributed by atoms with Crippen LogP contribution >= 0.6 is 0 Å². The predicted octanol–water partition coefficient (Wildman–Crippen LogP) is 1.18. The quantitative estimate of drug-likeness (QED) is 0.732. The Bertz CT molecular complexity index is 229. The van der Waals surface area contributed by atoms with Crippen LogP contribution in [0.1, 0.15) is 26.0 Å². The maximum absolute atomic E-state index is 5.84. The predicted molar refractivity (Wildman–Crippen MR) is 49.9 cm³/mol. The fourth-order valence-corrected chi connectivity index (χ4v) is 1.19. The Morgan fingerprint density at radius 1 is 1.58 bits per heavy atom. The van der Waals surface area contributed by atoms with E-state index in [2.05, 4.69) is 23.4 Å². The minimum Gasteiger partial charge on any atom is -0.333 e. The summed E-state index contributed by atoms with van der Waals surface area (Å²) in [4.78, 5) is 4.09. The molecule has 1 rings (SSSR count). The molecule has 1 heterocycles. The Labute approximate surface area is 73.6 Å². The van der Waals surface area contributed by atoms with Crippen LogP contribution in [0.15, 0.2) is 12.5 Å². The Balaban J connectivity index is 2.61. The number of aromatic nitrogens is 2. The summed E-state index contributed by atoms with van der Waals surface area (Å²) >= 11 is 0. The van der Waals surface area contributed by atoms with Gasteiger partial charge in [-0.3, -0.25) is 0 Å². The minimum absolute atomic E-state index is 0.254. The van der Waals surface area contributed by atoms with Crippen molar-refractivity contribution < 1.29 is 0 Å². The van der Waals surface area contributed by atoms with Crippen molar-refractivity contribution in [3.63, 3.8) is 0 Å². The number of hydrogen-bond acceptors (Lipinski definition) is 2. The molecule has 0 bridgehead atoms. The maximum atomic E-state index is 5.84. The summed E-state index contributed by atoms with van der Waals surface area (Å²) in [5.74, 6) is 0. The lowest BCUT2D eigenvalue weighted by Crippen LogP contribution is -2.25. The first-order valence-corrected chi connectivity index (χ1v) is 4.52. The zero-order valence-corrected chi connectivity index (χ0v) is 7.83. The van der Waals surface area contributed by atoms with Crippen LogP contribution in [-0.4, -0.2) is 15.6 Å². The second-order valence-corrected chi connectivity index (χ2v) is 3.06. The number of hydrogen-bond donors (Lipinski definition) is 1. The number of aryl methyl sites for hydroxylation is 1. The highest BCUT2D eigenvalue weighted by Gasteiger charge is 2.03. The molecule has 2 N–H and O–H groups in total. The standard InChI is InChI=1S/C9H17N3/c1-3-8(10)6-12-7-11-5-9(12)4-2/h5,7-8H,3-4,6,10H2,1-2H3. The van der Waals surface area contributed by atoms with Gasteiger partial charge in [-0.05, 0) is 12.8 Å². The van der Waals surface area contributed by atoms with Gasteiger partial charge in [0.2, 0.25) is 0 Å². The molecule has 68 valence electrons. The molecule has 0 radical (unpaired) electrons. The molecular formula is C9H17N3. The van der Waals surface area contributed by atoms with Gasteiger partial charge < -0.3 is 10.3 Å². The first-order chi connectivity index (χ1) is 5.77. The van der Waals surface area contributed by atoms with Crippen LogP contribution in [0.2, 0.25) is 0 Å². The number of nitrogens with zero attached hydrogens (tertiary/aromatic N) is 2. The molecule has 12 heavy (non-hydrogen) atoms. The molecule has 0 aromatic carbocycles. The Kier molecular flexibility index (Phi) is 3.29. The average Bonchev–Trinajstić information content (AvgIpc) is 2.51. The largest absolute Gasteiger partial charge is 0.333 e. The molecule has 1 atom stereocenters. The van der Waals surface area contributed by atoms with Crippen molar-refractivity contribution in [1.82, 2.24) is 9.55 Å². The second kappa shape index (κ2) is 4.26. The van der Waals surface area contributed by atoms with E-state index < -0.39 is 0 Å². The molecule has 0 aliphatic rings. The zero-order valence-electron chi connectivity index (χ0n) is 7.83. The normalized spacial score (nSPS) is 13.2. The molecule has 0 saturated carbocycles. The molecule has 1 aromatic heterocycles. The third-order valence-corrected chi connectivity index (χ3v) is 2.12. The third-order valence-electron chi connectivity index (χ3n) is 2.12. The molecule has 1 aromatic rings. The van der Waals surface area contributed by atoms with E-state index in [1.54, 1.807) is 0 Å². The molecule has 0 fully saturated rings. The summed E-state index contributed by atoms with van der Waals surface area (Å²) in [5.41, 5.74) is 7.10. The second-order valence-electron chi connectivity index (χ2n) is 3.06. The van der Waals surface area contributed by atoms with E-state index in [1.807, 2.05) is 12.5 Å². The van der Waals surface area contributed by atoms with E-state index in [0.29, 0.717) is 0 Å². The third kappa shape index (κ3) is 2.08. The molecular weight excluding hydrogens is 150 g/mol. The summed E-state index contributed by atoms with van der Waals surface area (Å²) in [6, 6.07) is 0.254. The summed E-state index contributed by atoms with van der Waals surface area (Å²) in [7, 11) is 0. The van der Waals surface area contributed by atoms with E-state index in [0.717, 1.165) is 19.4 Å². The Hall–Kier alpha value is -0.830. The van der Waals surface area contributed by atoms with Gasteiger partial charge in [-0.25, -0.2) is 4.98 Å². The van der Waals surface area contributed by atoms with E-state index in [4.69, 9.17) is 5.73 Å². The van der Waals surface area contributed by atoms with Crippen LogP contribution in [0.4, 0.5) is 0 Å². The van der Waals surface area contributed by atoms with Crippen LogP contribution in [0.5, 0.6) is 0 Å². The van der Waals surface area contributed by atoms with Gasteiger partial charge in [0.15, 0.2) is 0 Å². The average molecular weight is 167 g/mol. The van der Waals surface area contributed by atoms with Gasteiger partial charge in [-0.15, -0.1) is 0 Å². The smallest absolute Gasteiger partial charge is 0.0948 e. The Morgan fingerprint density at radius 2 is 2.33 bits per heavy atom. The van der Waals surface area contributed by atoms with Crippen molar-refractivity contribution in [1.29, 1.82) is 0 Å². The van der Waals surface area contributed by atoms with Gasteiger partial charge in [-0.2, -0.15) is 0 Å². The lowest BCUT2D eigenvalue weighted by atomic mass is 10.2. The summed E-state index contributed by atoms with van der Waals surface area (Å²) < 4.78 is 2.13. The van der Waals surface area contributed by atoms with Gasteiger partial charge in [0, 0.05) is 24.5 Å². The highest BCUT2D eigenvalue weighted by Crippen LogP contribution is 2.02. The Morgan fingerprint density at radius 3 is 2.92 bits per heavy atom. The van der Waals surface area contributed by atoms with Crippen LogP contribution in [0, 0.1) is 0 Å². The number of rotatable bonds is 4. The maximum Gasteiger partial charge on any atom is 0.0948 e. The SMILES string of the molecule is CCc1cncn1CC(N)CC. The summed E-state index contributed by atoms with van der Waals surface area (Å²) in [6.07, 6.45) is 5.80. The van der Waals surface area contributed by atoms with E-state index in [-0.39, 0.29) is 6.04 Å². The minimum atomic E-state index is 0.254. The van der Waals surface area contributed by atoms with Crippen molar-refractivity contribution in [3.8, 4) is 0 Å². The zero-order chi connectivity index (χ0) is 8.97. The number of nitrogens with two attached hydrogens (primary N) is 1. The lowest BCUT2D eigenvalue weighted by Gasteiger charge is -2.11. The first kappa shape index (κ1) is 9.26. The van der Waals surface area contributed by atoms with Crippen molar-refractivity contribution in [2.24, 2.45) is 5.73 Å². The van der Waals surface area contributed by atoms with Crippen LogP contribution < -0.4 is 5.73 Å². The molecule has 3 nitrogen and oxygen atoms in total. The topological polar surface area (TPSA) is 43.8 Å². The van der Waals surface area contributed by atoms with Crippen molar-refractivity contribution in [2.75, 3.05) is 0 Å². The van der Waals surface area contributed by atoms with E-state index in [9.17, 15) is 0 Å². The van der Waals surface area contributed by atoms with Gasteiger partial charge in [0.05, 0.1) is 6.33 Å². The summed E-state index contributed by atoms with van der Waals surface area (Å²) in [5, 5.41) is 0. The molecule has 0 saturated heterocycles. The van der Waals surface area contributed by atoms with Crippen LogP contribution in [0.3, 0.4) is 0 Å². The molecule has 0 aliphatic heterocycles. The number of imidazole rings is 1. The van der Waals surface area contributed by atoms with E-state index in [1.165, 1.54) is 5.69 Å². The van der Waals surface area contributed by atoms with Crippen molar-refractivity contribution in [3.05, 3.63) is 18.2 Å². The first-order valence-electron chi connectivity index (χ1n) is 4.52. The highest BCUT2D eigenvalue weighted by atomic mass is 15.1. The summed E-state index contributed by atoms with van der Waals surface area (Å²) in [6.45, 7) is 5.12. The van der Waals surface area contributed by atoms with Gasteiger partial charge in [0.25, 0.3) is 0 Å². The van der Waals surface area contributed by atoms with Gasteiger partial charge >= 0.3 is 0 Å². The van der Waals surface area contributed by atoms with Gasteiger partial charge in [0.1, 0.15) is 0 Å². The van der Waals surface area contributed by atoms with Crippen molar-refractivity contribution in [2.45, 2.75) is 39.3 Å². The highest BCUT2D eigenvalue weighted by molar-refractivity contribution is 4.97. The molecule has 0 spiro atoms. The fourth-order valence-electron chi connectivity index (χ4n) is 1.19. The van der Waals surface area contributed by atoms with Crippen LogP contribution in [-0.2, 0) is 13.0 Å². The lowest BCUT2D eigenvalue weighted by molar-refractivity contribution is 0.527. The van der Waals surface area contributed by atoms with Crippen LogP contribution in [0.25, 0.3) is 0 Å². The molecule has 0 aliphatic carbocycles. The monoisotopic (exact) mass is 167 g/mol. The van der Waals surface area contributed by atoms with Crippen molar-refractivity contribution >= 4 is 0 Å².